The van der Waals surface area contributed by atoms with Gasteiger partial charge in [-0.15, -0.1) is 0 Å². The van der Waals surface area contributed by atoms with Crippen molar-refractivity contribution >= 4 is 5.69 Å². The van der Waals surface area contributed by atoms with Crippen LogP contribution in [0.1, 0.15) is 26.7 Å². The van der Waals surface area contributed by atoms with E-state index >= 15 is 0 Å². The molecule has 1 atom stereocenters. The van der Waals surface area contributed by atoms with Crippen LogP contribution in [-0.2, 0) is 0 Å². The molecular weight excluding hydrogens is 224 g/mol. The van der Waals surface area contributed by atoms with Crippen molar-refractivity contribution in [3.63, 3.8) is 0 Å². The van der Waals surface area contributed by atoms with E-state index in [1.165, 1.54) is 5.69 Å². The van der Waals surface area contributed by atoms with Gasteiger partial charge in [0.25, 0.3) is 0 Å². The second kappa shape index (κ2) is 4.89. The second-order valence-electron chi connectivity index (χ2n) is 5.55. The molecule has 1 heterocycles. The highest BCUT2D eigenvalue weighted by Crippen LogP contribution is 2.38. The minimum Gasteiger partial charge on any atom is -0.497 e. The number of hydrogen-bond donors (Lipinski definition) is 0. The van der Waals surface area contributed by atoms with E-state index in [9.17, 15) is 0 Å². The van der Waals surface area contributed by atoms with Crippen molar-refractivity contribution in [3.05, 3.63) is 24.3 Å². The Morgan fingerprint density at radius 1 is 1.39 bits per heavy atom. The molecule has 1 unspecified atom stereocenters. The summed E-state index contributed by atoms with van der Waals surface area (Å²) < 4.78 is 5.18. The molecule has 1 fully saturated rings. The van der Waals surface area contributed by atoms with Gasteiger partial charge in [0.05, 0.1) is 13.2 Å². The highest BCUT2D eigenvalue weighted by molar-refractivity contribution is 5.52. The quantitative estimate of drug-likeness (QED) is 0.819. The summed E-state index contributed by atoms with van der Waals surface area (Å²) in [6, 6.07) is 10.5. The van der Waals surface area contributed by atoms with E-state index < -0.39 is 0 Å². The van der Waals surface area contributed by atoms with Crippen LogP contribution in [0.4, 0.5) is 5.69 Å². The first kappa shape index (κ1) is 12.8. The lowest BCUT2D eigenvalue weighted by Crippen LogP contribution is -2.38. The Hall–Kier alpha value is -1.69. The molecule has 3 nitrogen and oxygen atoms in total. The fourth-order valence-corrected chi connectivity index (χ4v) is 2.87. The van der Waals surface area contributed by atoms with Crippen LogP contribution < -0.4 is 9.64 Å². The topological polar surface area (TPSA) is 36.3 Å². The van der Waals surface area contributed by atoms with E-state index in [1.54, 1.807) is 7.11 Å². The number of nitrogens with zero attached hydrogens (tertiary/aromatic N) is 2. The van der Waals surface area contributed by atoms with Crippen LogP contribution in [0, 0.1) is 17.2 Å². The van der Waals surface area contributed by atoms with Crippen LogP contribution in [0.3, 0.4) is 0 Å². The first-order valence-corrected chi connectivity index (χ1v) is 6.35. The molecule has 1 aromatic carbocycles. The Balaban J connectivity index is 2.18. The summed E-state index contributed by atoms with van der Waals surface area (Å²) in [4.78, 5) is 2.40. The third kappa shape index (κ3) is 2.43. The number of benzene rings is 1. The standard InChI is InChI=1S/C15H20N2O/c1-15(2)10-12(8-9-16)11-17(15)13-4-6-14(18-3)7-5-13/h4-7,12H,8,10-11H2,1-3H3. The van der Waals surface area contributed by atoms with Crippen LogP contribution in [-0.4, -0.2) is 19.2 Å². The first-order chi connectivity index (χ1) is 8.56. The van der Waals surface area contributed by atoms with E-state index in [2.05, 4.69) is 36.9 Å². The predicted molar refractivity (Wildman–Crippen MR) is 72.8 cm³/mol. The minimum absolute atomic E-state index is 0.121. The van der Waals surface area contributed by atoms with E-state index in [0.29, 0.717) is 12.3 Å². The molecule has 0 bridgehead atoms. The molecule has 1 aromatic rings. The van der Waals surface area contributed by atoms with Crippen molar-refractivity contribution in [2.75, 3.05) is 18.6 Å². The highest BCUT2D eigenvalue weighted by Gasteiger charge is 2.38. The van der Waals surface area contributed by atoms with E-state index in [4.69, 9.17) is 10.00 Å². The molecule has 0 spiro atoms. The van der Waals surface area contributed by atoms with Gasteiger partial charge >= 0.3 is 0 Å². The highest BCUT2D eigenvalue weighted by atomic mass is 16.5. The van der Waals surface area contributed by atoms with Crippen molar-refractivity contribution in [3.8, 4) is 11.8 Å². The van der Waals surface area contributed by atoms with Gasteiger partial charge in [-0.3, -0.25) is 0 Å². The Morgan fingerprint density at radius 2 is 2.06 bits per heavy atom. The van der Waals surface area contributed by atoms with Gasteiger partial charge in [-0.25, -0.2) is 0 Å². The van der Waals surface area contributed by atoms with Gasteiger partial charge in [0.15, 0.2) is 0 Å². The third-order valence-corrected chi connectivity index (χ3v) is 3.72. The number of rotatable bonds is 3. The number of ether oxygens (including phenoxy) is 1. The molecule has 0 aromatic heterocycles. The maximum Gasteiger partial charge on any atom is 0.119 e. The molecule has 0 amide bonds. The number of hydrogen-bond acceptors (Lipinski definition) is 3. The van der Waals surface area contributed by atoms with Crippen molar-refractivity contribution in [1.29, 1.82) is 5.26 Å². The average Bonchev–Trinajstić information content (AvgIpc) is 2.65. The Bertz CT molecular complexity index is 445. The number of methoxy groups -OCH3 is 1. The van der Waals surface area contributed by atoms with Crippen LogP contribution in [0.25, 0.3) is 0 Å². The largest absolute Gasteiger partial charge is 0.497 e. The molecule has 1 saturated heterocycles. The number of anilines is 1. The van der Waals surface area contributed by atoms with Gasteiger partial charge in [0.2, 0.25) is 0 Å². The van der Waals surface area contributed by atoms with E-state index in [0.717, 1.165) is 18.7 Å². The molecule has 18 heavy (non-hydrogen) atoms. The molecule has 0 radical (unpaired) electrons. The van der Waals surface area contributed by atoms with Crippen molar-refractivity contribution in [1.82, 2.24) is 0 Å². The lowest BCUT2D eigenvalue weighted by Gasteiger charge is -2.33. The normalized spacial score (nSPS) is 21.7. The third-order valence-electron chi connectivity index (χ3n) is 3.72. The van der Waals surface area contributed by atoms with Crippen LogP contribution in [0.2, 0.25) is 0 Å². The zero-order chi connectivity index (χ0) is 13.2. The van der Waals surface area contributed by atoms with E-state index in [-0.39, 0.29) is 5.54 Å². The summed E-state index contributed by atoms with van der Waals surface area (Å²) in [5, 5.41) is 8.84. The average molecular weight is 244 g/mol. The molecule has 1 aliphatic heterocycles. The predicted octanol–water partition coefficient (Wildman–Crippen LogP) is 3.21. The summed E-state index contributed by atoms with van der Waals surface area (Å²) in [7, 11) is 1.68. The van der Waals surface area contributed by atoms with Crippen molar-refractivity contribution < 1.29 is 4.74 Å². The van der Waals surface area contributed by atoms with Gasteiger partial charge < -0.3 is 9.64 Å². The minimum atomic E-state index is 0.121. The van der Waals surface area contributed by atoms with Gasteiger partial charge in [-0.05, 0) is 50.5 Å². The molecule has 96 valence electrons. The molecule has 3 heteroatoms. The fraction of sp³-hybridized carbons (Fsp3) is 0.533. The Labute approximate surface area is 109 Å². The Kier molecular flexibility index (Phi) is 3.47. The lowest BCUT2D eigenvalue weighted by molar-refractivity contribution is 0.414. The van der Waals surface area contributed by atoms with Gasteiger partial charge in [-0.1, -0.05) is 0 Å². The molecule has 0 saturated carbocycles. The lowest BCUT2D eigenvalue weighted by atomic mass is 9.95. The fourth-order valence-electron chi connectivity index (χ4n) is 2.87. The summed E-state index contributed by atoms with van der Waals surface area (Å²) in [5.41, 5.74) is 1.33. The summed E-state index contributed by atoms with van der Waals surface area (Å²) in [5.74, 6) is 1.36. The van der Waals surface area contributed by atoms with Gasteiger partial charge in [0, 0.05) is 24.2 Å². The Morgan fingerprint density at radius 3 is 2.61 bits per heavy atom. The summed E-state index contributed by atoms with van der Waals surface area (Å²) in [6.07, 6.45) is 1.72. The zero-order valence-corrected chi connectivity index (χ0v) is 11.3. The van der Waals surface area contributed by atoms with E-state index in [1.807, 2.05) is 12.1 Å². The summed E-state index contributed by atoms with van der Waals surface area (Å²) in [6.45, 7) is 5.45. The molecular formula is C15H20N2O. The zero-order valence-electron chi connectivity index (χ0n) is 11.3. The van der Waals surface area contributed by atoms with Gasteiger partial charge in [0.1, 0.15) is 5.75 Å². The molecule has 0 aliphatic carbocycles. The summed E-state index contributed by atoms with van der Waals surface area (Å²) >= 11 is 0. The van der Waals surface area contributed by atoms with Crippen LogP contribution in [0.15, 0.2) is 24.3 Å². The maximum atomic E-state index is 8.84. The monoisotopic (exact) mass is 244 g/mol. The van der Waals surface area contributed by atoms with Gasteiger partial charge in [-0.2, -0.15) is 5.26 Å². The SMILES string of the molecule is COc1ccc(N2CC(CC#N)CC2(C)C)cc1. The smallest absolute Gasteiger partial charge is 0.119 e. The van der Waals surface area contributed by atoms with Crippen LogP contribution in [0.5, 0.6) is 5.75 Å². The number of nitriles is 1. The first-order valence-electron chi connectivity index (χ1n) is 6.35. The maximum absolute atomic E-state index is 8.84. The second-order valence-corrected chi connectivity index (χ2v) is 5.55. The molecule has 0 N–H and O–H groups in total. The molecule has 1 aliphatic rings. The molecule has 2 rings (SSSR count). The van der Waals surface area contributed by atoms with Crippen LogP contribution >= 0.6 is 0 Å². The van der Waals surface area contributed by atoms with Crippen molar-refractivity contribution in [2.45, 2.75) is 32.2 Å². The van der Waals surface area contributed by atoms with Crippen molar-refractivity contribution in [2.24, 2.45) is 5.92 Å².